The van der Waals surface area contributed by atoms with Gasteiger partial charge in [0.05, 0.1) is 0 Å². The average molecular weight is 1130 g/mol. The second kappa shape index (κ2) is 17.1. The van der Waals surface area contributed by atoms with Crippen LogP contribution >= 0.6 is 7.92 Å². The van der Waals surface area contributed by atoms with Crippen molar-refractivity contribution in [2.24, 2.45) is 0 Å². The van der Waals surface area contributed by atoms with Gasteiger partial charge in [-0.15, -0.1) is 0 Å². The molecule has 0 heterocycles. The van der Waals surface area contributed by atoms with Crippen LogP contribution in [0.25, 0.3) is 0 Å². The summed E-state index contributed by atoms with van der Waals surface area (Å²) in [6, 6.07) is 0. The maximum Gasteiger partial charge on any atom is 0.460 e. The summed E-state index contributed by atoms with van der Waals surface area (Å²) in [5.41, 5.74) is 0. The van der Waals surface area contributed by atoms with Gasteiger partial charge in [0.2, 0.25) is 0 Å². The van der Waals surface area contributed by atoms with Crippen LogP contribution in [0.4, 0.5) is 184 Å². The zero-order valence-corrected chi connectivity index (χ0v) is 30.1. The largest absolute Gasteiger partial charge is 0.460 e. The Morgan fingerprint density at radius 3 is 0.433 bits per heavy atom. The van der Waals surface area contributed by atoms with E-state index >= 15 is 0 Å². The number of hydrogen-bond donors (Lipinski definition) is 0. The molecule has 404 valence electrons. The number of hydrogen-bond acceptors (Lipinski definition) is 0. The zero-order valence-electron chi connectivity index (χ0n) is 29.2. The predicted molar refractivity (Wildman–Crippen MR) is 129 cm³/mol. The Hall–Kier alpha value is -2.51. The van der Waals surface area contributed by atoms with Crippen LogP contribution in [0.2, 0.25) is 0 Å². The minimum absolute atomic E-state index is 4.41. The summed E-state index contributed by atoms with van der Waals surface area (Å²) in [7, 11) is -6.17. The van der Waals surface area contributed by atoms with Crippen LogP contribution < -0.4 is 0 Å². The first-order chi connectivity index (χ1) is 28.3. The highest BCUT2D eigenvalue weighted by atomic mass is 31.1. The zero-order chi connectivity index (χ0) is 55.4. The normalized spacial score (nSPS) is 18.5. The third kappa shape index (κ3) is 9.09. The minimum atomic E-state index is -9.24. The van der Waals surface area contributed by atoms with Gasteiger partial charge in [-0.05, 0) is 0 Å². The van der Waals surface area contributed by atoms with Crippen molar-refractivity contribution >= 4 is 7.92 Å². The Morgan fingerprint density at radius 1 is 0.194 bits per heavy atom. The van der Waals surface area contributed by atoms with Gasteiger partial charge >= 0.3 is 107 Å². The summed E-state index contributed by atoms with van der Waals surface area (Å²) in [5.74, 6) is -134. The average Bonchev–Trinajstić information content (AvgIpc) is 3.08. The van der Waals surface area contributed by atoms with E-state index in [0.29, 0.717) is 0 Å². The summed E-state index contributed by atoms with van der Waals surface area (Å²) < 4.78 is 566. The first-order valence-electron chi connectivity index (χ1n) is 14.8. The lowest BCUT2D eigenvalue weighted by Crippen LogP contribution is -2.72. The molecule has 0 rings (SSSR count). The van der Waals surface area contributed by atoms with E-state index in [2.05, 4.69) is 0 Å². The van der Waals surface area contributed by atoms with Gasteiger partial charge in [-0.25, -0.2) is 13.2 Å². The quantitative estimate of drug-likeness (QED) is 0.0794. The lowest BCUT2D eigenvalue weighted by molar-refractivity contribution is -0.442. The van der Waals surface area contributed by atoms with Crippen molar-refractivity contribution in [2.45, 2.75) is 126 Å². The smallest absolute Gasteiger partial charge is 0.240 e. The molecule has 3 unspecified atom stereocenters. The second-order valence-corrected chi connectivity index (χ2v) is 15.3. The highest BCUT2D eigenvalue weighted by Gasteiger charge is 2.94. The topological polar surface area (TPSA) is 0 Å². The molecule has 67 heavy (non-hydrogen) atoms. The summed E-state index contributed by atoms with van der Waals surface area (Å²) >= 11 is 0. The van der Waals surface area contributed by atoms with Crippen molar-refractivity contribution < 1.29 is 184 Å². The molecule has 0 saturated heterocycles. The molecule has 0 aliphatic heterocycles. The first kappa shape index (κ1) is 64.5. The highest BCUT2D eigenvalue weighted by molar-refractivity contribution is 7.57. The van der Waals surface area contributed by atoms with Crippen LogP contribution in [-0.2, 0) is 0 Å². The minimum Gasteiger partial charge on any atom is -0.240 e. The molecule has 0 aliphatic carbocycles. The van der Waals surface area contributed by atoms with Gasteiger partial charge < -0.3 is 0 Å². The predicted octanol–water partition coefficient (Wildman–Crippen LogP) is 14.7. The van der Waals surface area contributed by atoms with Gasteiger partial charge in [-0.1, -0.05) is 7.92 Å². The van der Waals surface area contributed by atoms with Crippen LogP contribution in [0.3, 0.4) is 0 Å². The maximum atomic E-state index is 14.6. The molecule has 0 N–H and O–H groups in total. The number of alkyl halides is 42. The number of halogens is 42. The van der Waals surface area contributed by atoms with E-state index in [0.717, 1.165) is 0 Å². The van der Waals surface area contributed by atoms with E-state index in [1.54, 1.807) is 0 Å². The van der Waals surface area contributed by atoms with Crippen molar-refractivity contribution in [3.8, 4) is 0 Å². The maximum absolute atomic E-state index is 14.6. The molecule has 0 fully saturated rings. The molecule has 0 amide bonds. The Balaban J connectivity index is 8.01. The molecule has 0 nitrogen and oxygen atoms in total. The molecule has 0 bridgehead atoms. The molecular formula is C24H9F42P. The molecule has 0 radical (unpaired) electrons. The van der Waals surface area contributed by atoms with Crippen molar-refractivity contribution in [2.75, 3.05) is 18.5 Å². The van der Waals surface area contributed by atoms with Gasteiger partial charge in [0.15, 0.2) is 18.5 Å². The van der Waals surface area contributed by atoms with Crippen LogP contribution in [0.1, 0.15) is 0 Å². The summed E-state index contributed by atoms with van der Waals surface area (Å²) in [6.07, 6.45) is -57.7. The molecule has 0 aromatic carbocycles. The van der Waals surface area contributed by atoms with Gasteiger partial charge in [-0.2, -0.15) is 171 Å². The molecule has 0 aliphatic rings. The van der Waals surface area contributed by atoms with Gasteiger partial charge in [-0.3, -0.25) is 0 Å². The van der Waals surface area contributed by atoms with E-state index in [9.17, 15) is 184 Å². The second-order valence-electron chi connectivity index (χ2n) is 12.9. The molecule has 43 heteroatoms. The fraction of sp³-hybridized carbons (Fsp3) is 1.00. The monoisotopic (exact) mass is 1130 g/mol. The van der Waals surface area contributed by atoms with Gasteiger partial charge in [0, 0.05) is 18.5 Å². The molecule has 0 saturated carbocycles. The van der Waals surface area contributed by atoms with Crippen molar-refractivity contribution in [1.29, 1.82) is 0 Å². The van der Waals surface area contributed by atoms with Crippen LogP contribution in [0.15, 0.2) is 0 Å². The van der Waals surface area contributed by atoms with E-state index < -0.39 is 152 Å². The SMILES string of the molecule is FC(CP(CC(F)C(F)(F)C(F)(F)C(F)(F)C(F)(F)C(F)(F)C(F)(F)F)CC(F)C(F)(F)C(F)(F)C(F)(F)C(F)(F)C(F)(F)C(F)(F)F)C(F)(F)C(F)(F)C(F)(F)C(F)(F)C(F)(F)C(F)(F)F. The van der Waals surface area contributed by atoms with Crippen molar-refractivity contribution in [3.63, 3.8) is 0 Å². The van der Waals surface area contributed by atoms with Crippen LogP contribution in [0.5, 0.6) is 0 Å². The fourth-order valence-electron chi connectivity index (χ4n) is 4.18. The summed E-state index contributed by atoms with van der Waals surface area (Å²) in [4.78, 5) is 0. The Morgan fingerprint density at radius 2 is 0.313 bits per heavy atom. The summed E-state index contributed by atoms with van der Waals surface area (Å²) in [6.45, 7) is 0. The Bertz CT molecular complexity index is 1490. The molecule has 3 atom stereocenters. The van der Waals surface area contributed by atoms with Crippen molar-refractivity contribution in [3.05, 3.63) is 0 Å². The third-order valence-electron chi connectivity index (χ3n) is 8.31. The number of rotatable bonds is 21. The Labute approximate surface area is 338 Å². The summed E-state index contributed by atoms with van der Waals surface area (Å²) in [5, 5.41) is 0. The van der Waals surface area contributed by atoms with Gasteiger partial charge in [0.1, 0.15) is 0 Å². The third-order valence-corrected chi connectivity index (χ3v) is 10.8. The molecule has 0 aromatic rings. The van der Waals surface area contributed by atoms with Gasteiger partial charge in [0.25, 0.3) is 0 Å². The van der Waals surface area contributed by atoms with Crippen molar-refractivity contribution in [1.82, 2.24) is 0 Å². The lowest BCUT2D eigenvalue weighted by atomic mass is 9.92. The van der Waals surface area contributed by atoms with Crippen LogP contribution in [-0.4, -0.2) is 144 Å². The Kier molecular flexibility index (Phi) is 16.4. The molecule has 0 spiro atoms. The molecule has 0 aromatic heterocycles. The van der Waals surface area contributed by atoms with E-state index in [1.807, 2.05) is 0 Å². The van der Waals surface area contributed by atoms with E-state index in [1.165, 1.54) is 0 Å². The van der Waals surface area contributed by atoms with Crippen LogP contribution in [0, 0.1) is 0 Å². The van der Waals surface area contributed by atoms with E-state index in [-0.39, 0.29) is 0 Å². The molecular weight excluding hydrogens is 1120 g/mol. The highest BCUT2D eigenvalue weighted by Crippen LogP contribution is 2.66. The lowest BCUT2D eigenvalue weighted by Gasteiger charge is -2.42. The standard InChI is InChI=1S/C24H9F42P/c25-4(7(28,29)10(34,35)13(40,41)16(46,47)19(52,53)22(58,59)60)1-67(2-5(26)8(30,31)11(36,37)14(42,43)17(48,49)20(54,55)23(61,62)63)3-6(27)9(32,33)12(38,39)15(44,45)18(50,51)21(56,57)24(64,65)66/h4-6H,1-3H2. The van der Waals surface area contributed by atoms with E-state index in [4.69, 9.17) is 0 Å². The first-order valence-corrected chi connectivity index (χ1v) is 16.7. The fourth-order valence-corrected chi connectivity index (χ4v) is 6.68.